The first kappa shape index (κ1) is 13.4. The number of carbonyl (C=O) groups excluding carboxylic acids is 1. The van der Waals surface area contributed by atoms with Crippen molar-refractivity contribution in [3.05, 3.63) is 24.9 Å². The van der Waals surface area contributed by atoms with E-state index in [1.54, 1.807) is 0 Å². The van der Waals surface area contributed by atoms with Gasteiger partial charge in [-0.3, -0.25) is 9.79 Å². The lowest BCUT2D eigenvalue weighted by atomic mass is 10.3. The third-order valence-corrected chi connectivity index (χ3v) is 1.03. The fourth-order valence-electron chi connectivity index (χ4n) is 0.382. The maximum atomic E-state index is 10.1. The molecule has 0 aromatic carbocycles. The van der Waals surface area contributed by atoms with Crippen LogP contribution >= 0.6 is 0 Å². The quantitative estimate of drug-likeness (QED) is 0.467. The molecular weight excluding hydrogens is 150 g/mol. The van der Waals surface area contributed by atoms with Crippen molar-refractivity contribution in [2.75, 3.05) is 0 Å². The van der Waals surface area contributed by atoms with Gasteiger partial charge in [0.1, 0.15) is 5.71 Å². The smallest absolute Gasteiger partial charge is 0.168 e. The summed E-state index contributed by atoms with van der Waals surface area (Å²) in [5.74, 6) is 0. The Labute approximate surface area is 74.7 Å². The second-order valence-corrected chi connectivity index (χ2v) is 1.78. The molecule has 0 aliphatic carbocycles. The molecule has 68 valence electrons. The monoisotopic (exact) mass is 167 g/mol. The van der Waals surface area contributed by atoms with Crippen LogP contribution in [0.15, 0.2) is 29.9 Å². The zero-order chi connectivity index (χ0) is 9.98. The number of aliphatic imine (C=N–C) groups is 1. The number of allylic oxidation sites excluding steroid dienone is 2. The van der Waals surface area contributed by atoms with Crippen molar-refractivity contribution < 1.29 is 4.79 Å². The van der Waals surface area contributed by atoms with E-state index in [1.165, 1.54) is 6.08 Å². The van der Waals surface area contributed by atoms with Crippen molar-refractivity contribution in [3.8, 4) is 0 Å². The zero-order valence-electron chi connectivity index (χ0n) is 8.13. The van der Waals surface area contributed by atoms with E-state index >= 15 is 0 Å². The van der Waals surface area contributed by atoms with Crippen LogP contribution in [-0.2, 0) is 4.79 Å². The SMILES string of the molecule is C=CC(C=O)=NC(=C)CC.CC. The van der Waals surface area contributed by atoms with Crippen LogP contribution in [0.25, 0.3) is 0 Å². The molecule has 2 nitrogen and oxygen atoms in total. The minimum absolute atomic E-state index is 0.340. The first-order valence-electron chi connectivity index (χ1n) is 4.08. The third kappa shape index (κ3) is 6.93. The Morgan fingerprint density at radius 2 is 2.00 bits per heavy atom. The molecule has 0 fully saturated rings. The standard InChI is InChI=1S/C8H11NO.C2H6/c1-4-7(3)9-8(5-2)6-10;1-2/h5-6H,2-4H2,1H3;1-2H3. The molecule has 0 unspecified atom stereocenters. The second-order valence-electron chi connectivity index (χ2n) is 1.78. The highest BCUT2D eigenvalue weighted by atomic mass is 16.1. The summed E-state index contributed by atoms with van der Waals surface area (Å²) in [6.07, 6.45) is 2.83. The minimum Gasteiger partial charge on any atom is -0.296 e. The maximum absolute atomic E-state index is 10.1. The number of hydrogen-bond donors (Lipinski definition) is 0. The number of aldehydes is 1. The summed E-state index contributed by atoms with van der Waals surface area (Å²) in [5.41, 5.74) is 1.04. The maximum Gasteiger partial charge on any atom is 0.168 e. The summed E-state index contributed by atoms with van der Waals surface area (Å²) in [7, 11) is 0. The molecule has 0 amide bonds. The third-order valence-electron chi connectivity index (χ3n) is 1.03. The predicted octanol–water partition coefficient (Wildman–Crippen LogP) is 2.76. The topological polar surface area (TPSA) is 29.4 Å². The first-order valence-corrected chi connectivity index (χ1v) is 4.08. The van der Waals surface area contributed by atoms with Crippen molar-refractivity contribution in [2.45, 2.75) is 27.2 Å². The van der Waals surface area contributed by atoms with Gasteiger partial charge in [-0.25, -0.2) is 0 Å². The first-order chi connectivity index (χ1) is 5.74. The molecule has 0 bridgehead atoms. The Kier molecular flexibility index (Phi) is 11.0. The molecule has 0 saturated heterocycles. The lowest BCUT2D eigenvalue weighted by molar-refractivity contribution is -0.102. The molecule has 0 saturated carbocycles. The van der Waals surface area contributed by atoms with Crippen LogP contribution in [0.4, 0.5) is 0 Å². The Bertz CT molecular complexity index is 170. The van der Waals surface area contributed by atoms with Crippen molar-refractivity contribution in [2.24, 2.45) is 4.99 Å². The molecule has 0 rings (SSSR count). The lowest BCUT2D eigenvalue weighted by Crippen LogP contribution is -1.93. The van der Waals surface area contributed by atoms with Crippen molar-refractivity contribution in [1.29, 1.82) is 0 Å². The fourth-order valence-corrected chi connectivity index (χ4v) is 0.382. The van der Waals surface area contributed by atoms with Crippen molar-refractivity contribution in [1.82, 2.24) is 0 Å². The molecule has 2 heteroatoms. The molecule has 0 aliphatic rings. The molecule has 0 atom stereocenters. The van der Waals surface area contributed by atoms with Gasteiger partial charge in [-0.15, -0.1) is 0 Å². The average molecular weight is 167 g/mol. The number of nitrogens with zero attached hydrogens (tertiary/aromatic N) is 1. The van der Waals surface area contributed by atoms with E-state index in [9.17, 15) is 4.79 Å². The van der Waals surface area contributed by atoms with Crippen LogP contribution in [0.5, 0.6) is 0 Å². The number of hydrogen-bond acceptors (Lipinski definition) is 2. The van der Waals surface area contributed by atoms with E-state index < -0.39 is 0 Å². The fraction of sp³-hybridized carbons (Fsp3) is 0.400. The van der Waals surface area contributed by atoms with Gasteiger partial charge in [-0.1, -0.05) is 33.9 Å². The molecule has 12 heavy (non-hydrogen) atoms. The molecule has 0 heterocycles. The molecule has 0 spiro atoms. The molecular formula is C10H17NO. The summed E-state index contributed by atoms with van der Waals surface area (Å²) in [6, 6.07) is 0. The normalized spacial score (nSPS) is 9.42. The predicted molar refractivity (Wildman–Crippen MR) is 54.5 cm³/mol. The van der Waals surface area contributed by atoms with E-state index in [4.69, 9.17) is 0 Å². The van der Waals surface area contributed by atoms with E-state index in [-0.39, 0.29) is 0 Å². The van der Waals surface area contributed by atoms with Crippen molar-refractivity contribution >= 4 is 12.0 Å². The van der Waals surface area contributed by atoms with Crippen LogP contribution in [0.3, 0.4) is 0 Å². The van der Waals surface area contributed by atoms with Gasteiger partial charge in [-0.05, 0) is 12.5 Å². The van der Waals surface area contributed by atoms with E-state index in [0.29, 0.717) is 17.7 Å². The zero-order valence-corrected chi connectivity index (χ0v) is 8.13. The van der Waals surface area contributed by atoms with Gasteiger partial charge in [0.25, 0.3) is 0 Å². The summed E-state index contributed by atoms with van der Waals surface area (Å²) >= 11 is 0. The summed E-state index contributed by atoms with van der Waals surface area (Å²) < 4.78 is 0. The number of carbonyl (C=O) groups is 1. The average Bonchev–Trinajstić information content (AvgIpc) is 2.16. The summed E-state index contributed by atoms with van der Waals surface area (Å²) in [6.45, 7) is 13.0. The molecule has 0 aromatic rings. The largest absolute Gasteiger partial charge is 0.296 e. The Morgan fingerprint density at radius 3 is 2.25 bits per heavy atom. The van der Waals surface area contributed by atoms with Gasteiger partial charge in [-0.2, -0.15) is 0 Å². The second kappa shape index (κ2) is 9.82. The summed E-state index contributed by atoms with van der Waals surface area (Å²) in [5, 5.41) is 0. The van der Waals surface area contributed by atoms with Crippen LogP contribution in [-0.4, -0.2) is 12.0 Å². The van der Waals surface area contributed by atoms with Gasteiger partial charge >= 0.3 is 0 Å². The van der Waals surface area contributed by atoms with Gasteiger partial charge in [0, 0.05) is 5.70 Å². The van der Waals surface area contributed by atoms with Crippen LogP contribution < -0.4 is 0 Å². The van der Waals surface area contributed by atoms with Gasteiger partial charge < -0.3 is 0 Å². The molecule has 0 radical (unpaired) electrons. The van der Waals surface area contributed by atoms with Crippen LogP contribution in [0, 0.1) is 0 Å². The Hall–Kier alpha value is -1.18. The molecule has 0 N–H and O–H groups in total. The van der Waals surface area contributed by atoms with Gasteiger partial charge in [0.15, 0.2) is 6.29 Å². The highest BCUT2D eigenvalue weighted by molar-refractivity contribution is 6.33. The lowest BCUT2D eigenvalue weighted by Gasteiger charge is -1.91. The van der Waals surface area contributed by atoms with E-state index in [1.807, 2.05) is 20.8 Å². The Morgan fingerprint density at radius 1 is 1.50 bits per heavy atom. The Balaban J connectivity index is 0. The van der Waals surface area contributed by atoms with Crippen LogP contribution in [0.2, 0.25) is 0 Å². The number of rotatable bonds is 4. The highest BCUT2D eigenvalue weighted by Crippen LogP contribution is 1.97. The van der Waals surface area contributed by atoms with Crippen molar-refractivity contribution in [3.63, 3.8) is 0 Å². The molecule has 0 aromatic heterocycles. The molecule has 0 aliphatic heterocycles. The highest BCUT2D eigenvalue weighted by Gasteiger charge is 1.89. The van der Waals surface area contributed by atoms with Gasteiger partial charge in [0.05, 0.1) is 0 Å². The van der Waals surface area contributed by atoms with Crippen LogP contribution in [0.1, 0.15) is 27.2 Å². The summed E-state index contributed by atoms with van der Waals surface area (Å²) in [4.78, 5) is 14.0. The van der Waals surface area contributed by atoms with Gasteiger partial charge in [0.2, 0.25) is 0 Å². The van der Waals surface area contributed by atoms with E-state index in [0.717, 1.165) is 6.42 Å². The minimum atomic E-state index is 0.340. The van der Waals surface area contributed by atoms with E-state index in [2.05, 4.69) is 18.2 Å².